The molecule has 5 nitrogen and oxygen atoms in total. The summed E-state index contributed by atoms with van der Waals surface area (Å²) in [6, 6.07) is 0.261. The highest BCUT2D eigenvalue weighted by Gasteiger charge is 2.23. The number of likely N-dealkylation sites (tertiary alicyclic amines) is 1. The van der Waals surface area contributed by atoms with Crippen molar-refractivity contribution in [2.24, 2.45) is 0 Å². The predicted molar refractivity (Wildman–Crippen MR) is 58.8 cm³/mol. The minimum atomic E-state index is 0.221. The van der Waals surface area contributed by atoms with Crippen LogP contribution in [0.5, 0.6) is 0 Å². The van der Waals surface area contributed by atoms with E-state index in [0.29, 0.717) is 12.4 Å². The topological polar surface area (TPSA) is 62.4 Å². The molecule has 0 aliphatic carbocycles. The second-order valence-electron chi connectivity index (χ2n) is 4.26. The highest BCUT2D eigenvalue weighted by molar-refractivity contribution is 4.88. The second kappa shape index (κ2) is 5.41. The maximum absolute atomic E-state index is 9.28. The van der Waals surface area contributed by atoms with Gasteiger partial charge >= 0.3 is 0 Å². The molecule has 0 unspecified atom stereocenters. The van der Waals surface area contributed by atoms with E-state index in [1.807, 2.05) is 6.92 Å². The Bertz CT molecular complexity index is 327. The highest BCUT2D eigenvalue weighted by atomic mass is 16.5. The van der Waals surface area contributed by atoms with E-state index in [9.17, 15) is 5.11 Å². The van der Waals surface area contributed by atoms with Crippen molar-refractivity contribution in [2.75, 3.05) is 13.2 Å². The van der Waals surface area contributed by atoms with E-state index in [1.165, 1.54) is 12.8 Å². The van der Waals surface area contributed by atoms with Gasteiger partial charge in [0.05, 0.1) is 13.2 Å². The number of aromatic nitrogens is 2. The number of piperidine rings is 1. The lowest BCUT2D eigenvalue weighted by atomic mass is 10.0. The first-order chi connectivity index (χ1) is 7.83. The largest absolute Gasteiger partial charge is 0.395 e. The molecule has 0 radical (unpaired) electrons. The van der Waals surface area contributed by atoms with E-state index >= 15 is 0 Å². The summed E-state index contributed by atoms with van der Waals surface area (Å²) in [7, 11) is 0. The van der Waals surface area contributed by atoms with Crippen LogP contribution in [0.1, 0.15) is 37.9 Å². The normalized spacial score (nSPS) is 22.5. The summed E-state index contributed by atoms with van der Waals surface area (Å²) in [5.41, 5.74) is 0. The molecule has 2 rings (SSSR count). The van der Waals surface area contributed by atoms with Gasteiger partial charge in [-0.3, -0.25) is 4.90 Å². The fourth-order valence-electron chi connectivity index (χ4n) is 2.15. The highest BCUT2D eigenvalue weighted by Crippen LogP contribution is 2.18. The molecule has 0 bridgehead atoms. The average Bonchev–Trinajstić information content (AvgIpc) is 2.77. The molecular weight excluding hydrogens is 206 g/mol. The van der Waals surface area contributed by atoms with Crippen molar-refractivity contribution in [3.8, 4) is 0 Å². The van der Waals surface area contributed by atoms with Crippen LogP contribution in [0.4, 0.5) is 0 Å². The van der Waals surface area contributed by atoms with Crippen LogP contribution in [0.3, 0.4) is 0 Å². The summed E-state index contributed by atoms with van der Waals surface area (Å²) in [5, 5.41) is 13.2. The zero-order valence-corrected chi connectivity index (χ0v) is 9.72. The van der Waals surface area contributed by atoms with Gasteiger partial charge in [0.15, 0.2) is 5.82 Å². The summed E-state index contributed by atoms with van der Waals surface area (Å²) >= 11 is 0. The van der Waals surface area contributed by atoms with E-state index in [4.69, 9.17) is 4.52 Å². The third-order valence-electron chi connectivity index (χ3n) is 3.12. The number of aliphatic hydroxyl groups is 1. The molecule has 0 saturated carbocycles. The van der Waals surface area contributed by atoms with E-state index in [-0.39, 0.29) is 12.6 Å². The molecule has 2 heterocycles. The van der Waals surface area contributed by atoms with Crippen molar-refractivity contribution in [2.45, 2.75) is 45.2 Å². The first-order valence-electron chi connectivity index (χ1n) is 6.00. The Morgan fingerprint density at radius 3 is 3.06 bits per heavy atom. The third kappa shape index (κ3) is 2.59. The minimum absolute atomic E-state index is 0.221. The molecule has 16 heavy (non-hydrogen) atoms. The summed E-state index contributed by atoms with van der Waals surface area (Å²) in [5.74, 6) is 1.42. The van der Waals surface area contributed by atoms with Gasteiger partial charge in [-0.25, -0.2) is 0 Å². The molecule has 1 N–H and O–H groups in total. The number of rotatable bonds is 4. The SMILES string of the molecule is CCc1nc(CN2CCCC[C@@H]2CO)no1. The van der Waals surface area contributed by atoms with Crippen LogP contribution in [-0.2, 0) is 13.0 Å². The lowest BCUT2D eigenvalue weighted by Gasteiger charge is -2.33. The van der Waals surface area contributed by atoms with Crippen LogP contribution in [-0.4, -0.2) is 39.3 Å². The van der Waals surface area contributed by atoms with Crippen molar-refractivity contribution < 1.29 is 9.63 Å². The Balaban J connectivity index is 1.96. The average molecular weight is 225 g/mol. The zero-order chi connectivity index (χ0) is 11.4. The Kier molecular flexibility index (Phi) is 3.90. The maximum atomic E-state index is 9.28. The summed E-state index contributed by atoms with van der Waals surface area (Å²) in [4.78, 5) is 6.53. The molecule has 0 spiro atoms. The molecule has 5 heteroatoms. The molecule has 1 aromatic heterocycles. The van der Waals surface area contributed by atoms with Crippen LogP contribution in [0.25, 0.3) is 0 Å². The minimum Gasteiger partial charge on any atom is -0.395 e. The van der Waals surface area contributed by atoms with Crippen molar-refractivity contribution in [3.63, 3.8) is 0 Å². The second-order valence-corrected chi connectivity index (χ2v) is 4.26. The lowest BCUT2D eigenvalue weighted by molar-refractivity contribution is 0.0812. The van der Waals surface area contributed by atoms with Crippen molar-refractivity contribution in [1.29, 1.82) is 0 Å². The number of aliphatic hydroxyl groups excluding tert-OH is 1. The number of nitrogens with zero attached hydrogens (tertiary/aromatic N) is 3. The molecule has 1 aliphatic heterocycles. The van der Waals surface area contributed by atoms with Gasteiger partial charge in [0.2, 0.25) is 5.89 Å². The molecule has 1 aromatic rings. The van der Waals surface area contributed by atoms with Gasteiger partial charge in [-0.2, -0.15) is 4.98 Å². The van der Waals surface area contributed by atoms with E-state index < -0.39 is 0 Å². The van der Waals surface area contributed by atoms with Crippen molar-refractivity contribution >= 4 is 0 Å². The van der Waals surface area contributed by atoms with Crippen molar-refractivity contribution in [1.82, 2.24) is 15.0 Å². The number of hydrogen-bond acceptors (Lipinski definition) is 5. The quantitative estimate of drug-likeness (QED) is 0.827. The van der Waals surface area contributed by atoms with Gasteiger partial charge in [-0.05, 0) is 19.4 Å². The summed E-state index contributed by atoms with van der Waals surface area (Å²) in [6.45, 7) is 3.92. The Hall–Kier alpha value is -0.940. The molecule has 1 atom stereocenters. The Morgan fingerprint density at radius 2 is 2.38 bits per heavy atom. The lowest BCUT2D eigenvalue weighted by Crippen LogP contribution is -2.41. The van der Waals surface area contributed by atoms with Crippen molar-refractivity contribution in [3.05, 3.63) is 11.7 Å². The molecule has 0 amide bonds. The predicted octanol–water partition coefficient (Wildman–Crippen LogP) is 0.979. The monoisotopic (exact) mass is 225 g/mol. The van der Waals surface area contributed by atoms with Gasteiger partial charge in [0.1, 0.15) is 0 Å². The zero-order valence-electron chi connectivity index (χ0n) is 9.72. The first kappa shape index (κ1) is 11.5. The Morgan fingerprint density at radius 1 is 1.50 bits per heavy atom. The van der Waals surface area contributed by atoms with Gasteiger partial charge in [-0.1, -0.05) is 18.5 Å². The van der Waals surface area contributed by atoms with E-state index in [2.05, 4.69) is 15.0 Å². The van der Waals surface area contributed by atoms with Gasteiger partial charge in [0, 0.05) is 12.5 Å². The van der Waals surface area contributed by atoms with Crippen LogP contribution in [0, 0.1) is 0 Å². The number of hydrogen-bond donors (Lipinski definition) is 1. The third-order valence-corrected chi connectivity index (χ3v) is 3.12. The molecular formula is C11H19N3O2. The van der Waals surface area contributed by atoms with E-state index in [0.717, 1.165) is 25.2 Å². The fraction of sp³-hybridized carbons (Fsp3) is 0.818. The summed E-state index contributed by atoms with van der Waals surface area (Å²) in [6.07, 6.45) is 4.23. The smallest absolute Gasteiger partial charge is 0.226 e. The van der Waals surface area contributed by atoms with Crippen LogP contribution in [0.15, 0.2) is 4.52 Å². The van der Waals surface area contributed by atoms with Gasteiger partial charge in [-0.15, -0.1) is 0 Å². The summed E-state index contributed by atoms with van der Waals surface area (Å²) < 4.78 is 5.07. The van der Waals surface area contributed by atoms with Gasteiger partial charge in [0.25, 0.3) is 0 Å². The van der Waals surface area contributed by atoms with E-state index in [1.54, 1.807) is 0 Å². The molecule has 1 fully saturated rings. The standard InChI is InChI=1S/C11H19N3O2/c1-2-11-12-10(13-16-11)7-14-6-4-3-5-9(14)8-15/h9,15H,2-8H2,1H3/t9-/m1/s1. The molecule has 90 valence electrons. The van der Waals surface area contributed by atoms with Gasteiger partial charge < -0.3 is 9.63 Å². The number of aryl methyl sites for hydroxylation is 1. The molecule has 1 saturated heterocycles. The van der Waals surface area contributed by atoms with Crippen LogP contribution < -0.4 is 0 Å². The first-order valence-corrected chi connectivity index (χ1v) is 6.00. The maximum Gasteiger partial charge on any atom is 0.226 e. The Labute approximate surface area is 95.4 Å². The molecule has 0 aromatic carbocycles. The molecule has 1 aliphatic rings. The van der Waals surface area contributed by atoms with Crippen LogP contribution >= 0.6 is 0 Å². The fourth-order valence-corrected chi connectivity index (χ4v) is 2.15. The van der Waals surface area contributed by atoms with Crippen LogP contribution in [0.2, 0.25) is 0 Å².